The lowest BCUT2D eigenvalue weighted by Crippen LogP contribution is -2.45. The molecule has 0 aromatic rings. The Kier molecular flexibility index (Phi) is 6.54. The van der Waals surface area contributed by atoms with Crippen LogP contribution in [0.2, 0.25) is 0 Å². The quantitative estimate of drug-likeness (QED) is 0.348. The first kappa shape index (κ1) is 16.8. The summed E-state index contributed by atoms with van der Waals surface area (Å²) in [5.74, 6) is -1.93. The Balaban J connectivity index is 2.38. The van der Waals surface area contributed by atoms with Crippen LogP contribution in [0.4, 0.5) is 0 Å². The normalized spacial score (nSPS) is 15.4. The predicted octanol–water partition coefficient (Wildman–Crippen LogP) is -1.60. The average Bonchev–Trinajstić information content (AvgIpc) is 2.74. The van der Waals surface area contributed by atoms with E-state index in [1.807, 2.05) is 0 Å². The molecule has 0 radical (unpaired) electrons. The Bertz CT molecular complexity index is 443. The Morgan fingerprint density at radius 2 is 1.81 bits per heavy atom. The van der Waals surface area contributed by atoms with Gasteiger partial charge in [-0.25, -0.2) is 0 Å². The summed E-state index contributed by atoms with van der Waals surface area (Å²) >= 11 is 0. The van der Waals surface area contributed by atoms with Gasteiger partial charge in [-0.3, -0.25) is 24.1 Å². The summed E-state index contributed by atoms with van der Waals surface area (Å²) in [6, 6.07) is -0.757. The molecule has 0 saturated heterocycles. The molecule has 0 spiro atoms. The van der Waals surface area contributed by atoms with Crippen LogP contribution in [0.15, 0.2) is 12.2 Å². The van der Waals surface area contributed by atoms with Gasteiger partial charge in [-0.05, 0) is 25.8 Å². The molecule has 116 valence electrons. The van der Waals surface area contributed by atoms with E-state index in [1.165, 1.54) is 0 Å². The van der Waals surface area contributed by atoms with E-state index in [2.05, 4.69) is 5.32 Å². The van der Waals surface area contributed by atoms with Crippen LogP contribution in [-0.4, -0.2) is 47.7 Å². The number of carbonyl (C=O) groups is 4. The van der Waals surface area contributed by atoms with Crippen LogP contribution in [0.25, 0.3) is 0 Å². The number of nitrogens with two attached hydrogens (primary N) is 2. The fraction of sp³-hybridized carbons (Fsp3) is 0.538. The smallest absolute Gasteiger partial charge is 0.253 e. The van der Waals surface area contributed by atoms with Crippen molar-refractivity contribution >= 4 is 23.6 Å². The third-order valence-corrected chi connectivity index (χ3v) is 3.09. The highest BCUT2D eigenvalue weighted by atomic mass is 16.2. The molecule has 0 bridgehead atoms. The van der Waals surface area contributed by atoms with E-state index in [0.717, 1.165) is 23.5 Å². The molecular formula is C13H20N4O4. The summed E-state index contributed by atoms with van der Waals surface area (Å²) in [6.45, 7) is 0.483. The van der Waals surface area contributed by atoms with Crippen LogP contribution in [0.1, 0.15) is 25.7 Å². The second-order valence-electron chi connectivity index (χ2n) is 4.72. The summed E-state index contributed by atoms with van der Waals surface area (Å²) in [6.07, 6.45) is 4.07. The topological polar surface area (TPSA) is 136 Å². The van der Waals surface area contributed by atoms with Crippen molar-refractivity contribution in [1.82, 2.24) is 10.2 Å². The number of hydrogen-bond acceptors (Lipinski definition) is 5. The zero-order valence-electron chi connectivity index (χ0n) is 11.7. The SMILES string of the molecule is NCCCC[C@H](NC(=O)CCN1C(=O)C=CC1=O)C(N)=O. The van der Waals surface area contributed by atoms with Crippen LogP contribution < -0.4 is 16.8 Å². The summed E-state index contributed by atoms with van der Waals surface area (Å²) in [5, 5.41) is 2.51. The van der Waals surface area contributed by atoms with Crippen molar-refractivity contribution in [3.63, 3.8) is 0 Å². The van der Waals surface area contributed by atoms with Crippen molar-refractivity contribution in [2.45, 2.75) is 31.7 Å². The molecule has 21 heavy (non-hydrogen) atoms. The molecule has 4 amide bonds. The fourth-order valence-corrected chi connectivity index (χ4v) is 1.91. The molecular weight excluding hydrogens is 276 g/mol. The first-order valence-corrected chi connectivity index (χ1v) is 6.78. The molecule has 0 aliphatic carbocycles. The van der Waals surface area contributed by atoms with Crippen LogP contribution in [0, 0.1) is 0 Å². The molecule has 8 heteroatoms. The number of carbonyl (C=O) groups excluding carboxylic acids is 4. The third kappa shape index (κ3) is 5.35. The van der Waals surface area contributed by atoms with E-state index in [-0.39, 0.29) is 13.0 Å². The molecule has 0 fully saturated rings. The average molecular weight is 296 g/mol. The Morgan fingerprint density at radius 1 is 1.19 bits per heavy atom. The maximum Gasteiger partial charge on any atom is 0.253 e. The molecule has 0 saturated carbocycles. The van der Waals surface area contributed by atoms with Crippen molar-refractivity contribution < 1.29 is 19.2 Å². The van der Waals surface area contributed by atoms with E-state index in [4.69, 9.17) is 11.5 Å². The molecule has 5 N–H and O–H groups in total. The maximum absolute atomic E-state index is 11.7. The molecule has 1 aliphatic rings. The third-order valence-electron chi connectivity index (χ3n) is 3.09. The minimum Gasteiger partial charge on any atom is -0.368 e. The van der Waals surface area contributed by atoms with Gasteiger partial charge in [-0.15, -0.1) is 0 Å². The molecule has 1 aliphatic heterocycles. The summed E-state index contributed by atoms with van der Waals surface area (Å²) in [5.41, 5.74) is 10.6. The predicted molar refractivity (Wildman–Crippen MR) is 74.5 cm³/mol. The van der Waals surface area contributed by atoms with Gasteiger partial charge in [0.2, 0.25) is 11.8 Å². The highest BCUT2D eigenvalue weighted by molar-refractivity contribution is 6.13. The minimum atomic E-state index is -0.757. The molecule has 8 nitrogen and oxygen atoms in total. The summed E-state index contributed by atoms with van der Waals surface area (Å²) in [4.78, 5) is 46.6. The number of unbranched alkanes of at least 4 members (excludes halogenated alkanes) is 1. The van der Waals surface area contributed by atoms with Gasteiger partial charge in [0.05, 0.1) is 0 Å². The van der Waals surface area contributed by atoms with Gasteiger partial charge in [-0.2, -0.15) is 0 Å². The number of rotatable bonds is 9. The van der Waals surface area contributed by atoms with Crippen LogP contribution >= 0.6 is 0 Å². The van der Waals surface area contributed by atoms with Crippen molar-refractivity contribution in [1.29, 1.82) is 0 Å². The molecule has 0 aromatic carbocycles. The molecule has 1 heterocycles. The van der Waals surface area contributed by atoms with Crippen LogP contribution in [0.3, 0.4) is 0 Å². The first-order chi connectivity index (χ1) is 9.95. The summed E-state index contributed by atoms with van der Waals surface area (Å²) in [7, 11) is 0. The van der Waals surface area contributed by atoms with E-state index in [1.54, 1.807) is 0 Å². The maximum atomic E-state index is 11.7. The van der Waals surface area contributed by atoms with E-state index < -0.39 is 29.7 Å². The van der Waals surface area contributed by atoms with Gasteiger partial charge in [0, 0.05) is 25.1 Å². The Morgan fingerprint density at radius 3 is 2.33 bits per heavy atom. The molecule has 1 rings (SSSR count). The second kappa shape index (κ2) is 8.15. The van der Waals surface area contributed by atoms with Crippen molar-refractivity contribution in [3.8, 4) is 0 Å². The largest absolute Gasteiger partial charge is 0.368 e. The Labute approximate surface area is 122 Å². The van der Waals surface area contributed by atoms with Gasteiger partial charge in [0.15, 0.2) is 0 Å². The molecule has 0 unspecified atom stereocenters. The van der Waals surface area contributed by atoms with E-state index in [9.17, 15) is 19.2 Å². The lowest BCUT2D eigenvalue weighted by Gasteiger charge is -2.17. The zero-order valence-corrected chi connectivity index (χ0v) is 11.7. The highest BCUT2D eigenvalue weighted by Gasteiger charge is 2.24. The number of hydrogen-bond donors (Lipinski definition) is 3. The minimum absolute atomic E-state index is 0.0230. The number of amides is 4. The summed E-state index contributed by atoms with van der Waals surface area (Å²) < 4.78 is 0. The Hall–Kier alpha value is -2.22. The van der Waals surface area contributed by atoms with E-state index in [0.29, 0.717) is 19.4 Å². The van der Waals surface area contributed by atoms with Crippen LogP contribution in [-0.2, 0) is 19.2 Å². The zero-order chi connectivity index (χ0) is 15.8. The number of imide groups is 1. The molecule has 0 aromatic heterocycles. The number of primary amides is 1. The van der Waals surface area contributed by atoms with Crippen molar-refractivity contribution in [3.05, 3.63) is 12.2 Å². The monoisotopic (exact) mass is 296 g/mol. The van der Waals surface area contributed by atoms with Crippen molar-refractivity contribution in [2.75, 3.05) is 13.1 Å². The fourth-order valence-electron chi connectivity index (χ4n) is 1.91. The lowest BCUT2D eigenvalue weighted by atomic mass is 10.1. The second-order valence-corrected chi connectivity index (χ2v) is 4.72. The standard InChI is InChI=1S/C13H20N4O4/c14-7-2-1-3-9(13(15)21)16-10(18)6-8-17-11(19)4-5-12(17)20/h4-5,9H,1-3,6-8,14H2,(H2,15,21)(H,16,18)/t9-/m0/s1. The van der Waals surface area contributed by atoms with Gasteiger partial charge in [0.1, 0.15) is 6.04 Å². The van der Waals surface area contributed by atoms with Crippen LogP contribution in [0.5, 0.6) is 0 Å². The van der Waals surface area contributed by atoms with Gasteiger partial charge in [-0.1, -0.05) is 0 Å². The van der Waals surface area contributed by atoms with Gasteiger partial charge in [0.25, 0.3) is 11.8 Å². The van der Waals surface area contributed by atoms with Gasteiger partial charge < -0.3 is 16.8 Å². The number of nitrogens with zero attached hydrogens (tertiary/aromatic N) is 1. The number of nitrogens with one attached hydrogen (secondary N) is 1. The molecule has 1 atom stereocenters. The van der Waals surface area contributed by atoms with Gasteiger partial charge >= 0.3 is 0 Å². The lowest BCUT2D eigenvalue weighted by molar-refractivity contribution is -0.137. The van der Waals surface area contributed by atoms with E-state index >= 15 is 0 Å². The highest BCUT2D eigenvalue weighted by Crippen LogP contribution is 2.05. The van der Waals surface area contributed by atoms with Crippen molar-refractivity contribution in [2.24, 2.45) is 11.5 Å². The first-order valence-electron chi connectivity index (χ1n) is 6.78.